The van der Waals surface area contributed by atoms with Crippen molar-refractivity contribution in [1.29, 1.82) is 0 Å². The molecule has 0 saturated carbocycles. The molecule has 5 nitrogen and oxygen atoms in total. The third-order valence-corrected chi connectivity index (χ3v) is 4.79. The van der Waals surface area contributed by atoms with Gasteiger partial charge in [0.25, 0.3) is 5.91 Å². The van der Waals surface area contributed by atoms with Gasteiger partial charge in [0.1, 0.15) is 0 Å². The molecule has 0 atom stereocenters. The highest BCUT2D eigenvalue weighted by Crippen LogP contribution is 2.30. The Bertz CT molecular complexity index is 909. The number of benzene rings is 2. The van der Waals surface area contributed by atoms with Gasteiger partial charge in [0.2, 0.25) is 5.95 Å². The summed E-state index contributed by atoms with van der Waals surface area (Å²) in [5, 5.41) is 2.93. The second kappa shape index (κ2) is 7.99. The fourth-order valence-electron chi connectivity index (χ4n) is 3.39. The highest BCUT2D eigenvalue weighted by molar-refractivity contribution is 5.93. The maximum absolute atomic E-state index is 12.3. The largest absolute Gasteiger partial charge is 0.352 e. The minimum Gasteiger partial charge on any atom is -0.352 e. The SMILES string of the molecule is O=C(NCCc1ccccc1)c1cnc(N2CCCc3ccccc32)nc1. The van der Waals surface area contributed by atoms with E-state index in [-0.39, 0.29) is 5.91 Å². The van der Waals surface area contributed by atoms with E-state index < -0.39 is 0 Å². The molecule has 2 aromatic carbocycles. The predicted octanol–water partition coefficient (Wildman–Crippen LogP) is 3.53. The Kier molecular flexibility index (Phi) is 5.10. The number of anilines is 2. The number of hydrogen-bond donors (Lipinski definition) is 1. The molecule has 0 radical (unpaired) electrons. The number of nitrogens with zero attached hydrogens (tertiary/aromatic N) is 3. The standard InChI is InChI=1S/C22H22N4O/c27-21(23-13-12-17-7-2-1-3-8-17)19-15-24-22(25-16-19)26-14-6-10-18-9-4-5-11-20(18)26/h1-5,7-9,11,15-16H,6,10,12-14H2,(H,23,27). The molecule has 136 valence electrons. The lowest BCUT2D eigenvalue weighted by molar-refractivity contribution is 0.0953. The number of carbonyl (C=O) groups excluding carboxylic acids is 1. The summed E-state index contributed by atoms with van der Waals surface area (Å²) >= 11 is 0. The van der Waals surface area contributed by atoms with Crippen LogP contribution < -0.4 is 10.2 Å². The quantitative estimate of drug-likeness (QED) is 0.758. The zero-order valence-electron chi connectivity index (χ0n) is 15.1. The monoisotopic (exact) mass is 358 g/mol. The Hall–Kier alpha value is -3.21. The zero-order valence-corrected chi connectivity index (χ0v) is 15.1. The summed E-state index contributed by atoms with van der Waals surface area (Å²) in [6.07, 6.45) is 6.17. The van der Waals surface area contributed by atoms with Gasteiger partial charge in [0.15, 0.2) is 0 Å². The van der Waals surface area contributed by atoms with E-state index in [2.05, 4.69) is 50.5 Å². The normalized spacial score (nSPS) is 13.1. The molecule has 0 saturated heterocycles. The van der Waals surface area contributed by atoms with Gasteiger partial charge in [-0.05, 0) is 36.5 Å². The fraction of sp³-hybridized carbons (Fsp3) is 0.227. The van der Waals surface area contributed by atoms with Crippen LogP contribution in [0.2, 0.25) is 0 Å². The first-order valence-electron chi connectivity index (χ1n) is 9.31. The molecule has 0 aliphatic carbocycles. The molecule has 1 aromatic heterocycles. The Morgan fingerprint density at radius 3 is 2.56 bits per heavy atom. The summed E-state index contributed by atoms with van der Waals surface area (Å²) in [6.45, 7) is 1.48. The van der Waals surface area contributed by atoms with Crippen LogP contribution in [0, 0.1) is 0 Å². The fourth-order valence-corrected chi connectivity index (χ4v) is 3.39. The first-order valence-corrected chi connectivity index (χ1v) is 9.31. The molecule has 1 N–H and O–H groups in total. The number of para-hydroxylation sites is 1. The summed E-state index contributed by atoms with van der Waals surface area (Å²) in [6, 6.07) is 18.4. The number of carbonyl (C=O) groups is 1. The number of aromatic nitrogens is 2. The van der Waals surface area contributed by atoms with E-state index in [0.29, 0.717) is 18.1 Å². The van der Waals surface area contributed by atoms with E-state index in [1.807, 2.05) is 24.3 Å². The molecular weight excluding hydrogens is 336 g/mol. The summed E-state index contributed by atoms with van der Waals surface area (Å²) in [7, 11) is 0. The molecule has 27 heavy (non-hydrogen) atoms. The second-order valence-corrected chi connectivity index (χ2v) is 6.65. The van der Waals surface area contributed by atoms with Gasteiger partial charge >= 0.3 is 0 Å². The van der Waals surface area contributed by atoms with Crippen LogP contribution >= 0.6 is 0 Å². The van der Waals surface area contributed by atoms with Gasteiger partial charge in [-0.25, -0.2) is 9.97 Å². The van der Waals surface area contributed by atoms with Gasteiger partial charge in [0.05, 0.1) is 5.56 Å². The maximum Gasteiger partial charge on any atom is 0.254 e. The van der Waals surface area contributed by atoms with Crippen LogP contribution in [-0.4, -0.2) is 29.0 Å². The summed E-state index contributed by atoms with van der Waals surface area (Å²) < 4.78 is 0. The van der Waals surface area contributed by atoms with Crippen LogP contribution in [0.1, 0.15) is 27.9 Å². The molecular formula is C22H22N4O. The van der Waals surface area contributed by atoms with E-state index in [1.54, 1.807) is 12.4 Å². The van der Waals surface area contributed by atoms with E-state index in [1.165, 1.54) is 11.1 Å². The highest BCUT2D eigenvalue weighted by Gasteiger charge is 2.20. The first-order chi connectivity index (χ1) is 13.3. The lowest BCUT2D eigenvalue weighted by atomic mass is 10.0. The van der Waals surface area contributed by atoms with Gasteiger partial charge in [-0.1, -0.05) is 48.5 Å². The average Bonchev–Trinajstić information content (AvgIpc) is 2.74. The maximum atomic E-state index is 12.3. The number of amides is 1. The van der Waals surface area contributed by atoms with Crippen LogP contribution in [0.5, 0.6) is 0 Å². The minimum atomic E-state index is -0.142. The third kappa shape index (κ3) is 3.97. The number of aryl methyl sites for hydroxylation is 1. The van der Waals surface area contributed by atoms with Crippen molar-refractivity contribution >= 4 is 17.5 Å². The van der Waals surface area contributed by atoms with Crippen molar-refractivity contribution in [3.8, 4) is 0 Å². The number of fused-ring (bicyclic) bond motifs is 1. The predicted molar refractivity (Wildman–Crippen MR) is 106 cm³/mol. The summed E-state index contributed by atoms with van der Waals surface area (Å²) in [5.41, 5.74) is 4.16. The van der Waals surface area contributed by atoms with Gasteiger partial charge in [-0.2, -0.15) is 0 Å². The van der Waals surface area contributed by atoms with E-state index in [4.69, 9.17) is 0 Å². The van der Waals surface area contributed by atoms with E-state index in [9.17, 15) is 4.79 Å². The first kappa shape index (κ1) is 17.2. The summed E-state index contributed by atoms with van der Waals surface area (Å²) in [4.78, 5) is 23.3. The van der Waals surface area contributed by atoms with Gasteiger partial charge in [-0.15, -0.1) is 0 Å². The number of rotatable bonds is 5. The van der Waals surface area contributed by atoms with Crippen LogP contribution in [0.15, 0.2) is 67.0 Å². The van der Waals surface area contributed by atoms with Crippen LogP contribution in [0.4, 0.5) is 11.6 Å². The van der Waals surface area contributed by atoms with Crippen molar-refractivity contribution in [1.82, 2.24) is 15.3 Å². The highest BCUT2D eigenvalue weighted by atomic mass is 16.1. The molecule has 1 aliphatic heterocycles. The Balaban J connectivity index is 1.40. The molecule has 0 spiro atoms. The molecule has 0 bridgehead atoms. The topological polar surface area (TPSA) is 58.1 Å². The molecule has 3 aromatic rings. The molecule has 4 rings (SSSR count). The van der Waals surface area contributed by atoms with Gasteiger partial charge < -0.3 is 10.2 Å². The molecule has 0 fully saturated rings. The third-order valence-electron chi connectivity index (χ3n) is 4.79. The Labute approximate surface area is 159 Å². The van der Waals surface area contributed by atoms with Crippen LogP contribution in [0.25, 0.3) is 0 Å². The Morgan fingerprint density at radius 2 is 1.74 bits per heavy atom. The molecule has 1 aliphatic rings. The number of hydrogen-bond acceptors (Lipinski definition) is 4. The summed E-state index contributed by atoms with van der Waals surface area (Å²) in [5.74, 6) is 0.500. The second-order valence-electron chi connectivity index (χ2n) is 6.65. The molecule has 2 heterocycles. The van der Waals surface area contributed by atoms with Crippen molar-refractivity contribution < 1.29 is 4.79 Å². The molecule has 5 heteroatoms. The van der Waals surface area contributed by atoms with Crippen molar-refractivity contribution in [2.45, 2.75) is 19.3 Å². The van der Waals surface area contributed by atoms with Crippen LogP contribution in [-0.2, 0) is 12.8 Å². The van der Waals surface area contributed by atoms with Gasteiger partial charge in [0, 0.05) is 31.2 Å². The van der Waals surface area contributed by atoms with Crippen molar-refractivity contribution in [2.24, 2.45) is 0 Å². The molecule has 0 unspecified atom stereocenters. The van der Waals surface area contributed by atoms with Crippen molar-refractivity contribution in [3.63, 3.8) is 0 Å². The lowest BCUT2D eigenvalue weighted by Crippen LogP contribution is -2.28. The average molecular weight is 358 g/mol. The zero-order chi connectivity index (χ0) is 18.5. The van der Waals surface area contributed by atoms with E-state index in [0.717, 1.165) is 31.5 Å². The Morgan fingerprint density at radius 1 is 1.00 bits per heavy atom. The smallest absolute Gasteiger partial charge is 0.254 e. The van der Waals surface area contributed by atoms with Gasteiger partial charge in [-0.3, -0.25) is 4.79 Å². The van der Waals surface area contributed by atoms with Crippen LogP contribution in [0.3, 0.4) is 0 Å². The molecule has 1 amide bonds. The van der Waals surface area contributed by atoms with E-state index >= 15 is 0 Å². The lowest BCUT2D eigenvalue weighted by Gasteiger charge is -2.29. The van der Waals surface area contributed by atoms with Crippen molar-refractivity contribution in [3.05, 3.63) is 83.7 Å². The van der Waals surface area contributed by atoms with Crippen molar-refractivity contribution in [2.75, 3.05) is 18.0 Å². The number of nitrogens with one attached hydrogen (secondary N) is 1. The minimum absolute atomic E-state index is 0.142.